The van der Waals surface area contributed by atoms with E-state index in [1.165, 1.54) is 18.4 Å². The lowest BCUT2D eigenvalue weighted by molar-refractivity contribution is -0.0702. The third kappa shape index (κ3) is 2.47. The lowest BCUT2D eigenvalue weighted by Gasteiger charge is -2.45. The zero-order valence-electron chi connectivity index (χ0n) is 11.7. The first-order valence-electron chi connectivity index (χ1n) is 7.49. The van der Waals surface area contributed by atoms with Crippen molar-refractivity contribution in [1.29, 1.82) is 0 Å². The number of aliphatic hydroxyl groups is 1. The summed E-state index contributed by atoms with van der Waals surface area (Å²) in [6, 6.07) is 10.6. The fourth-order valence-corrected chi connectivity index (χ4v) is 3.81. The van der Waals surface area contributed by atoms with Crippen LogP contribution < -0.4 is 0 Å². The van der Waals surface area contributed by atoms with Crippen molar-refractivity contribution in [3.63, 3.8) is 0 Å². The highest BCUT2D eigenvalue weighted by molar-refractivity contribution is 5.24. The summed E-state index contributed by atoms with van der Waals surface area (Å²) in [7, 11) is 0. The van der Waals surface area contributed by atoms with Crippen LogP contribution in [0.5, 0.6) is 0 Å². The van der Waals surface area contributed by atoms with E-state index in [4.69, 9.17) is 0 Å². The van der Waals surface area contributed by atoms with E-state index in [2.05, 4.69) is 44.2 Å². The molecular formula is C17H26O. The quantitative estimate of drug-likeness (QED) is 0.828. The Kier molecular flexibility index (Phi) is 4.45. The van der Waals surface area contributed by atoms with Crippen molar-refractivity contribution in [3.8, 4) is 0 Å². The Hall–Kier alpha value is -0.820. The highest BCUT2D eigenvalue weighted by Gasteiger charge is 2.44. The summed E-state index contributed by atoms with van der Waals surface area (Å²) in [6.45, 7) is 4.42. The van der Waals surface area contributed by atoms with Gasteiger partial charge in [0.1, 0.15) is 0 Å². The lowest BCUT2D eigenvalue weighted by Crippen LogP contribution is -2.45. The molecular weight excluding hydrogens is 220 g/mol. The SMILES string of the molecule is CCC(CC)C1(O)CCCCC1c1ccccc1. The van der Waals surface area contributed by atoms with Crippen LogP contribution in [0.2, 0.25) is 0 Å². The van der Waals surface area contributed by atoms with Crippen molar-refractivity contribution in [3.05, 3.63) is 35.9 Å². The van der Waals surface area contributed by atoms with Gasteiger partial charge >= 0.3 is 0 Å². The van der Waals surface area contributed by atoms with Crippen molar-refractivity contribution in [1.82, 2.24) is 0 Å². The topological polar surface area (TPSA) is 20.2 Å². The van der Waals surface area contributed by atoms with E-state index in [0.717, 1.165) is 25.7 Å². The second-order valence-electron chi connectivity index (χ2n) is 5.71. The average Bonchev–Trinajstić information content (AvgIpc) is 2.41. The summed E-state index contributed by atoms with van der Waals surface area (Å²) in [6.07, 6.45) is 6.70. The molecule has 2 unspecified atom stereocenters. The predicted molar refractivity (Wildman–Crippen MR) is 76.7 cm³/mol. The van der Waals surface area contributed by atoms with Crippen LogP contribution in [-0.4, -0.2) is 10.7 Å². The van der Waals surface area contributed by atoms with Gasteiger partial charge in [-0.05, 0) is 24.3 Å². The molecule has 0 aliphatic heterocycles. The second kappa shape index (κ2) is 5.88. The third-order valence-electron chi connectivity index (χ3n) is 4.82. The molecule has 0 spiro atoms. The van der Waals surface area contributed by atoms with Crippen LogP contribution in [0.25, 0.3) is 0 Å². The van der Waals surface area contributed by atoms with Crippen LogP contribution in [0.3, 0.4) is 0 Å². The molecule has 100 valence electrons. The lowest BCUT2D eigenvalue weighted by atomic mass is 9.64. The molecule has 1 aromatic rings. The van der Waals surface area contributed by atoms with Crippen LogP contribution >= 0.6 is 0 Å². The summed E-state index contributed by atoms with van der Waals surface area (Å²) in [5, 5.41) is 11.2. The van der Waals surface area contributed by atoms with Gasteiger partial charge in [0.05, 0.1) is 5.60 Å². The Labute approximate surface area is 111 Å². The van der Waals surface area contributed by atoms with Gasteiger partial charge in [-0.3, -0.25) is 0 Å². The van der Waals surface area contributed by atoms with Gasteiger partial charge in [0.15, 0.2) is 0 Å². The summed E-state index contributed by atoms with van der Waals surface area (Å²) in [4.78, 5) is 0. The Morgan fingerprint density at radius 3 is 2.44 bits per heavy atom. The van der Waals surface area contributed by atoms with E-state index in [1.54, 1.807) is 0 Å². The van der Waals surface area contributed by atoms with E-state index in [1.807, 2.05) is 0 Å². The van der Waals surface area contributed by atoms with Crippen LogP contribution in [0.15, 0.2) is 30.3 Å². The van der Waals surface area contributed by atoms with E-state index in [0.29, 0.717) is 11.8 Å². The monoisotopic (exact) mass is 246 g/mol. The maximum atomic E-state index is 11.2. The molecule has 1 nitrogen and oxygen atoms in total. The van der Waals surface area contributed by atoms with Gasteiger partial charge < -0.3 is 5.11 Å². The maximum absolute atomic E-state index is 11.2. The molecule has 0 amide bonds. The zero-order valence-corrected chi connectivity index (χ0v) is 11.7. The van der Waals surface area contributed by atoms with Crippen molar-refractivity contribution in [2.75, 3.05) is 0 Å². The Morgan fingerprint density at radius 2 is 1.83 bits per heavy atom. The van der Waals surface area contributed by atoms with Gasteiger partial charge in [-0.1, -0.05) is 69.9 Å². The minimum Gasteiger partial charge on any atom is -0.389 e. The zero-order chi connectivity index (χ0) is 13.0. The minimum absolute atomic E-state index is 0.331. The fraction of sp³-hybridized carbons (Fsp3) is 0.647. The molecule has 1 heteroatoms. The minimum atomic E-state index is -0.483. The Balaban J connectivity index is 2.31. The second-order valence-corrected chi connectivity index (χ2v) is 5.71. The highest BCUT2D eigenvalue weighted by Crippen LogP contribution is 2.46. The Bertz CT molecular complexity index is 355. The fourth-order valence-electron chi connectivity index (χ4n) is 3.81. The summed E-state index contributed by atoms with van der Waals surface area (Å²) in [5.74, 6) is 0.764. The number of hydrogen-bond donors (Lipinski definition) is 1. The van der Waals surface area contributed by atoms with Gasteiger partial charge in [0.2, 0.25) is 0 Å². The third-order valence-corrected chi connectivity index (χ3v) is 4.82. The van der Waals surface area contributed by atoms with E-state index in [-0.39, 0.29) is 0 Å². The van der Waals surface area contributed by atoms with Crippen molar-refractivity contribution >= 4 is 0 Å². The van der Waals surface area contributed by atoms with Crippen LogP contribution in [0.1, 0.15) is 63.9 Å². The molecule has 18 heavy (non-hydrogen) atoms. The molecule has 1 fully saturated rings. The van der Waals surface area contributed by atoms with Crippen LogP contribution in [0.4, 0.5) is 0 Å². The van der Waals surface area contributed by atoms with E-state index in [9.17, 15) is 5.11 Å². The van der Waals surface area contributed by atoms with Gasteiger partial charge in [-0.2, -0.15) is 0 Å². The first-order chi connectivity index (χ1) is 8.72. The predicted octanol–water partition coefficient (Wildman–Crippen LogP) is 4.51. The van der Waals surface area contributed by atoms with Crippen molar-refractivity contribution in [2.45, 2.75) is 63.9 Å². The molecule has 0 heterocycles. The number of hydrogen-bond acceptors (Lipinski definition) is 1. The molecule has 2 atom stereocenters. The molecule has 1 saturated carbocycles. The van der Waals surface area contributed by atoms with Crippen LogP contribution in [0, 0.1) is 5.92 Å². The molecule has 0 aromatic heterocycles. The van der Waals surface area contributed by atoms with E-state index >= 15 is 0 Å². The molecule has 0 radical (unpaired) electrons. The maximum Gasteiger partial charge on any atom is 0.0743 e. The standard InChI is InChI=1S/C17H26O/c1-3-15(4-2)17(18)13-9-8-12-16(17)14-10-6-5-7-11-14/h5-7,10-11,15-16,18H,3-4,8-9,12-13H2,1-2H3. The molecule has 2 rings (SSSR count). The average molecular weight is 246 g/mol. The normalized spacial score (nSPS) is 28.6. The molecule has 1 aliphatic carbocycles. The van der Waals surface area contributed by atoms with Gasteiger partial charge in [-0.15, -0.1) is 0 Å². The van der Waals surface area contributed by atoms with Gasteiger partial charge in [-0.25, -0.2) is 0 Å². The van der Waals surface area contributed by atoms with E-state index < -0.39 is 5.60 Å². The Morgan fingerprint density at radius 1 is 1.17 bits per heavy atom. The number of rotatable bonds is 4. The molecule has 1 N–H and O–H groups in total. The van der Waals surface area contributed by atoms with Crippen molar-refractivity contribution in [2.24, 2.45) is 5.92 Å². The van der Waals surface area contributed by atoms with Gasteiger partial charge in [0.25, 0.3) is 0 Å². The first-order valence-corrected chi connectivity index (χ1v) is 7.49. The smallest absolute Gasteiger partial charge is 0.0743 e. The van der Waals surface area contributed by atoms with Gasteiger partial charge in [0, 0.05) is 5.92 Å². The van der Waals surface area contributed by atoms with Crippen LogP contribution in [-0.2, 0) is 0 Å². The first kappa shape index (κ1) is 13.6. The molecule has 0 saturated heterocycles. The summed E-state index contributed by atoms with van der Waals surface area (Å²) < 4.78 is 0. The highest BCUT2D eigenvalue weighted by atomic mass is 16.3. The number of benzene rings is 1. The van der Waals surface area contributed by atoms with Crippen molar-refractivity contribution < 1.29 is 5.11 Å². The molecule has 1 aliphatic rings. The largest absolute Gasteiger partial charge is 0.389 e. The molecule has 1 aromatic carbocycles. The summed E-state index contributed by atoms with van der Waals surface area (Å²) >= 11 is 0. The molecule has 0 bridgehead atoms. The summed E-state index contributed by atoms with van der Waals surface area (Å²) in [5.41, 5.74) is 0.843.